The summed E-state index contributed by atoms with van der Waals surface area (Å²) in [7, 11) is 1.64. The van der Waals surface area contributed by atoms with Gasteiger partial charge in [0, 0.05) is 37.7 Å². The van der Waals surface area contributed by atoms with E-state index in [0.717, 1.165) is 0 Å². The third-order valence-electron chi connectivity index (χ3n) is 4.66. The van der Waals surface area contributed by atoms with Crippen LogP contribution in [0, 0.1) is 6.92 Å². The zero-order chi connectivity index (χ0) is 22.6. The number of carbonyl (C=O) groups excluding carboxylic acids is 1. The number of halogens is 3. The Morgan fingerprint density at radius 3 is 2.42 bits per heavy atom. The number of carbonyl (C=O) groups is 1. The lowest BCUT2D eigenvalue weighted by molar-refractivity contribution is -0.138. The highest BCUT2D eigenvalue weighted by Crippen LogP contribution is 2.28. The van der Waals surface area contributed by atoms with Crippen molar-refractivity contribution in [2.45, 2.75) is 32.5 Å². The Balaban J connectivity index is 1.74. The molecular weight excluding hydrogens is 413 g/mol. The van der Waals surface area contributed by atoms with E-state index in [1.54, 1.807) is 26.1 Å². The predicted molar refractivity (Wildman–Crippen MR) is 106 cm³/mol. The number of amides is 1. The molecular formula is C19H21F3N8O. The fraction of sp³-hybridized carbons (Fsp3) is 0.368. The molecule has 0 unspecified atom stereocenters. The summed E-state index contributed by atoms with van der Waals surface area (Å²) in [6, 6.07) is 3.19. The van der Waals surface area contributed by atoms with Gasteiger partial charge in [-0.15, -0.1) is 4.80 Å². The highest BCUT2D eigenvalue weighted by atomic mass is 19.4. The summed E-state index contributed by atoms with van der Waals surface area (Å²) < 4.78 is 37.9. The second kappa shape index (κ2) is 9.06. The number of pyridine rings is 1. The number of nitrogens with one attached hydrogen (secondary N) is 1. The van der Waals surface area contributed by atoms with Gasteiger partial charge in [0.25, 0.3) is 5.91 Å². The molecule has 3 aromatic heterocycles. The Morgan fingerprint density at radius 1 is 1.19 bits per heavy atom. The number of rotatable bonds is 7. The van der Waals surface area contributed by atoms with Crippen molar-refractivity contribution in [2.75, 3.05) is 18.9 Å². The molecule has 1 amide bonds. The third-order valence-corrected chi connectivity index (χ3v) is 4.66. The van der Waals surface area contributed by atoms with Crippen LogP contribution in [0.15, 0.2) is 36.9 Å². The van der Waals surface area contributed by atoms with Crippen LogP contribution >= 0.6 is 0 Å². The van der Waals surface area contributed by atoms with Gasteiger partial charge in [0.1, 0.15) is 5.69 Å². The van der Waals surface area contributed by atoms with Gasteiger partial charge in [-0.1, -0.05) is 6.92 Å². The molecule has 3 heterocycles. The lowest BCUT2D eigenvalue weighted by Crippen LogP contribution is -2.42. The van der Waals surface area contributed by atoms with E-state index < -0.39 is 11.7 Å². The Kier molecular flexibility index (Phi) is 6.47. The maximum atomic E-state index is 13.2. The van der Waals surface area contributed by atoms with E-state index in [4.69, 9.17) is 0 Å². The number of alkyl halides is 3. The monoisotopic (exact) mass is 434 g/mol. The smallest absolute Gasteiger partial charge is 0.352 e. The molecule has 0 fully saturated rings. The molecule has 0 bridgehead atoms. The third kappa shape index (κ3) is 5.13. The zero-order valence-electron chi connectivity index (χ0n) is 17.1. The molecule has 3 aromatic rings. The van der Waals surface area contributed by atoms with Crippen LogP contribution in [-0.4, -0.2) is 60.4 Å². The van der Waals surface area contributed by atoms with Crippen LogP contribution in [0.25, 0.3) is 5.69 Å². The van der Waals surface area contributed by atoms with Crippen molar-refractivity contribution in [3.63, 3.8) is 0 Å². The summed E-state index contributed by atoms with van der Waals surface area (Å²) in [5, 5.41) is 11.0. The molecule has 0 saturated carbocycles. The maximum Gasteiger partial charge on any atom is 0.419 e. The zero-order valence-corrected chi connectivity index (χ0v) is 17.1. The number of aromatic nitrogens is 6. The highest BCUT2D eigenvalue weighted by molar-refractivity contribution is 5.95. The first kappa shape index (κ1) is 22.1. The fourth-order valence-electron chi connectivity index (χ4n) is 2.87. The van der Waals surface area contributed by atoms with Gasteiger partial charge in [-0.3, -0.25) is 4.79 Å². The first-order valence-corrected chi connectivity index (χ1v) is 9.45. The minimum atomic E-state index is -4.50. The van der Waals surface area contributed by atoms with Crippen molar-refractivity contribution in [1.29, 1.82) is 0 Å². The van der Waals surface area contributed by atoms with Crippen molar-refractivity contribution >= 4 is 11.9 Å². The second-order valence-electron chi connectivity index (χ2n) is 6.79. The molecule has 0 spiro atoms. The standard InChI is InChI=1S/C19H21F3N8O/c1-4-14(11-25-18-23-9-13(10-24-18)19(20,21)22)29(3)17(31)16-15(6-5-12(2)28-16)30-26-7-8-27-30/h5-10,14H,4,11H2,1-3H3,(H,23,24,25)/t14-/m0/s1. The number of likely N-dealkylation sites (N-methyl/N-ethyl adjacent to an activating group) is 1. The van der Waals surface area contributed by atoms with E-state index in [2.05, 4.69) is 30.5 Å². The summed E-state index contributed by atoms with van der Waals surface area (Å²) in [5.74, 6) is -0.291. The van der Waals surface area contributed by atoms with Gasteiger partial charge in [0.05, 0.1) is 18.0 Å². The summed E-state index contributed by atoms with van der Waals surface area (Å²) in [6.07, 6.45) is 0.508. The Labute approximate surface area is 176 Å². The fourth-order valence-corrected chi connectivity index (χ4v) is 2.87. The summed E-state index contributed by atoms with van der Waals surface area (Å²) in [6.45, 7) is 3.91. The lowest BCUT2D eigenvalue weighted by atomic mass is 10.1. The quantitative estimate of drug-likeness (QED) is 0.610. The molecule has 3 rings (SSSR count). The van der Waals surface area contributed by atoms with Gasteiger partial charge < -0.3 is 10.2 Å². The van der Waals surface area contributed by atoms with Crippen LogP contribution in [0.4, 0.5) is 19.1 Å². The molecule has 12 heteroatoms. The van der Waals surface area contributed by atoms with Crippen molar-refractivity contribution in [3.8, 4) is 5.69 Å². The van der Waals surface area contributed by atoms with Gasteiger partial charge in [-0.2, -0.15) is 23.4 Å². The molecule has 0 radical (unpaired) electrons. The topological polar surface area (TPSA) is 102 Å². The maximum absolute atomic E-state index is 13.2. The van der Waals surface area contributed by atoms with E-state index in [1.165, 1.54) is 22.1 Å². The van der Waals surface area contributed by atoms with Gasteiger partial charge in [-0.05, 0) is 25.5 Å². The Bertz CT molecular complexity index is 1020. The van der Waals surface area contributed by atoms with Crippen molar-refractivity contribution < 1.29 is 18.0 Å². The van der Waals surface area contributed by atoms with Crippen LogP contribution < -0.4 is 5.32 Å². The first-order chi connectivity index (χ1) is 14.7. The van der Waals surface area contributed by atoms with Crippen LogP contribution in [0.2, 0.25) is 0 Å². The highest BCUT2D eigenvalue weighted by Gasteiger charge is 2.31. The summed E-state index contributed by atoms with van der Waals surface area (Å²) in [5.41, 5.74) is 0.379. The van der Waals surface area contributed by atoms with E-state index in [9.17, 15) is 18.0 Å². The predicted octanol–water partition coefficient (Wildman–Crippen LogP) is 2.74. The van der Waals surface area contributed by atoms with Crippen LogP contribution in [0.1, 0.15) is 35.1 Å². The molecule has 0 aromatic carbocycles. The van der Waals surface area contributed by atoms with Crippen LogP contribution in [0.3, 0.4) is 0 Å². The molecule has 31 heavy (non-hydrogen) atoms. The van der Waals surface area contributed by atoms with E-state index in [0.29, 0.717) is 30.2 Å². The van der Waals surface area contributed by atoms with Gasteiger partial charge in [-0.25, -0.2) is 15.0 Å². The van der Waals surface area contributed by atoms with Crippen molar-refractivity contribution in [2.24, 2.45) is 0 Å². The molecule has 0 aliphatic carbocycles. The molecule has 0 aliphatic heterocycles. The van der Waals surface area contributed by atoms with Crippen LogP contribution in [0.5, 0.6) is 0 Å². The largest absolute Gasteiger partial charge is 0.419 e. The van der Waals surface area contributed by atoms with E-state index >= 15 is 0 Å². The SMILES string of the molecule is CC[C@@H](CNc1ncc(C(F)(F)F)cn1)N(C)C(=O)c1nc(C)ccc1-n1nccn1. The average Bonchev–Trinajstić information content (AvgIpc) is 3.27. The second-order valence-corrected chi connectivity index (χ2v) is 6.79. The van der Waals surface area contributed by atoms with E-state index in [-0.39, 0.29) is 30.1 Å². The number of anilines is 1. The lowest BCUT2D eigenvalue weighted by Gasteiger charge is -2.28. The summed E-state index contributed by atoms with van der Waals surface area (Å²) >= 11 is 0. The average molecular weight is 434 g/mol. The number of hydrogen-bond acceptors (Lipinski definition) is 7. The Morgan fingerprint density at radius 2 is 1.84 bits per heavy atom. The van der Waals surface area contributed by atoms with Gasteiger partial charge in [0.2, 0.25) is 5.95 Å². The molecule has 0 saturated heterocycles. The summed E-state index contributed by atoms with van der Waals surface area (Å²) in [4.78, 5) is 27.8. The van der Waals surface area contributed by atoms with Crippen molar-refractivity contribution in [1.82, 2.24) is 34.8 Å². The first-order valence-electron chi connectivity index (χ1n) is 9.45. The number of nitrogens with zero attached hydrogens (tertiary/aromatic N) is 7. The molecule has 9 nitrogen and oxygen atoms in total. The number of aryl methyl sites for hydroxylation is 1. The minimum absolute atomic E-state index is 0.0439. The van der Waals surface area contributed by atoms with Gasteiger partial charge >= 0.3 is 6.18 Å². The molecule has 1 atom stereocenters. The molecule has 1 N–H and O–H groups in total. The van der Waals surface area contributed by atoms with Gasteiger partial charge in [0.15, 0.2) is 5.69 Å². The van der Waals surface area contributed by atoms with Crippen molar-refractivity contribution in [3.05, 3.63) is 53.9 Å². The molecule has 164 valence electrons. The normalized spacial score (nSPS) is 12.5. The van der Waals surface area contributed by atoms with E-state index in [1.807, 2.05) is 6.92 Å². The number of hydrogen-bond donors (Lipinski definition) is 1. The molecule has 0 aliphatic rings. The Hall–Kier alpha value is -3.57. The van der Waals surface area contributed by atoms with Crippen LogP contribution in [-0.2, 0) is 6.18 Å². The minimum Gasteiger partial charge on any atom is -0.352 e.